The highest BCUT2D eigenvalue weighted by Gasteiger charge is 2.29. The van der Waals surface area contributed by atoms with E-state index in [4.69, 9.17) is 30.5 Å². The van der Waals surface area contributed by atoms with E-state index in [0.29, 0.717) is 22.6 Å². The highest BCUT2D eigenvalue weighted by atomic mass is 35.5. The third-order valence-corrected chi connectivity index (χ3v) is 6.45. The van der Waals surface area contributed by atoms with Crippen molar-refractivity contribution in [2.24, 2.45) is 0 Å². The molecule has 0 saturated heterocycles. The Morgan fingerprint density at radius 3 is 2.26 bits per heavy atom. The Morgan fingerprint density at radius 2 is 1.69 bits per heavy atom. The number of methoxy groups -OCH3 is 1. The number of benzene rings is 2. The van der Waals surface area contributed by atoms with E-state index in [1.165, 1.54) is 17.0 Å². The monoisotopic (exact) mass is 566 g/mol. The number of hydrogen-bond acceptors (Lipinski definition) is 7. The van der Waals surface area contributed by atoms with E-state index in [1.54, 1.807) is 66.1 Å². The molecule has 0 unspecified atom stereocenters. The van der Waals surface area contributed by atoms with Gasteiger partial charge in [0.05, 0.1) is 25.3 Å². The van der Waals surface area contributed by atoms with Crippen LogP contribution in [-0.2, 0) is 20.9 Å². The zero-order valence-corrected chi connectivity index (χ0v) is 24.8. The van der Waals surface area contributed by atoms with Crippen LogP contribution in [0.3, 0.4) is 0 Å². The maximum atomic E-state index is 14.6. The summed E-state index contributed by atoms with van der Waals surface area (Å²) in [5.41, 5.74) is 0.494. The van der Waals surface area contributed by atoms with Gasteiger partial charge in [-0.2, -0.15) is 0 Å². The van der Waals surface area contributed by atoms with Gasteiger partial charge in [-0.05, 0) is 83.5 Å². The van der Waals surface area contributed by atoms with Crippen LogP contribution in [0.1, 0.15) is 58.7 Å². The molecule has 216 valence electrons. The summed E-state index contributed by atoms with van der Waals surface area (Å²) >= 11 is 6.49. The second kappa shape index (κ2) is 14.4. The predicted molar refractivity (Wildman–Crippen MR) is 149 cm³/mol. The Hall–Kier alpha value is -3.04. The Morgan fingerprint density at radius 1 is 1.08 bits per heavy atom. The quantitative estimate of drug-likeness (QED) is 0.281. The molecule has 0 radical (unpaired) electrons. The Kier molecular flexibility index (Phi) is 11.9. The topological polar surface area (TPSA) is 77.5 Å². The van der Waals surface area contributed by atoms with Crippen LogP contribution < -0.4 is 9.47 Å². The van der Waals surface area contributed by atoms with Gasteiger partial charge in [0.25, 0.3) is 0 Å². The molecule has 39 heavy (non-hydrogen) atoms. The summed E-state index contributed by atoms with van der Waals surface area (Å²) < 4.78 is 36.4. The van der Waals surface area contributed by atoms with Crippen LogP contribution in [0.25, 0.3) is 0 Å². The molecule has 0 saturated carbocycles. The van der Waals surface area contributed by atoms with Gasteiger partial charge in [0.2, 0.25) is 0 Å². The number of carbonyl (C=O) groups is 2. The van der Waals surface area contributed by atoms with Crippen LogP contribution in [-0.4, -0.2) is 67.4 Å². The molecule has 0 aliphatic heterocycles. The molecule has 0 aliphatic carbocycles. The molecule has 10 heteroatoms. The minimum Gasteiger partial charge on any atom is -0.497 e. The highest BCUT2D eigenvalue weighted by molar-refractivity contribution is 6.31. The Balaban J connectivity index is 2.35. The first-order valence-electron chi connectivity index (χ1n) is 12.9. The molecule has 8 nitrogen and oxygen atoms in total. The van der Waals surface area contributed by atoms with Crippen LogP contribution in [0.2, 0.25) is 5.02 Å². The zero-order chi connectivity index (χ0) is 29.3. The van der Waals surface area contributed by atoms with Crippen LogP contribution in [0.15, 0.2) is 36.4 Å². The number of nitrogens with zero attached hydrogens (tertiary/aromatic N) is 2. The first kappa shape index (κ1) is 32.2. The maximum absolute atomic E-state index is 14.6. The average Bonchev–Trinajstić information content (AvgIpc) is 2.85. The van der Waals surface area contributed by atoms with Crippen molar-refractivity contribution in [3.8, 4) is 11.5 Å². The number of halogens is 2. The lowest BCUT2D eigenvalue weighted by atomic mass is 9.99. The third kappa shape index (κ3) is 9.89. The summed E-state index contributed by atoms with van der Waals surface area (Å²) in [5.74, 6) is 0.336. The summed E-state index contributed by atoms with van der Waals surface area (Å²) in [6.45, 7) is 11.3. The molecule has 2 aromatic carbocycles. The van der Waals surface area contributed by atoms with Gasteiger partial charge in [0.1, 0.15) is 29.5 Å². The fourth-order valence-corrected chi connectivity index (χ4v) is 4.15. The summed E-state index contributed by atoms with van der Waals surface area (Å²) in [5, 5.41) is 0.209. The lowest BCUT2D eigenvalue weighted by Gasteiger charge is -2.35. The van der Waals surface area contributed by atoms with Crippen molar-refractivity contribution >= 4 is 23.7 Å². The van der Waals surface area contributed by atoms with E-state index in [1.807, 2.05) is 18.7 Å². The zero-order valence-electron chi connectivity index (χ0n) is 24.0. The van der Waals surface area contributed by atoms with Gasteiger partial charge in [-0.25, -0.2) is 9.18 Å². The fourth-order valence-electron chi connectivity index (χ4n) is 3.88. The molecule has 2 rings (SSSR count). The average molecular weight is 567 g/mol. The van der Waals surface area contributed by atoms with Crippen molar-refractivity contribution in [3.05, 3.63) is 58.4 Å². The molecule has 0 aliphatic rings. The molecular weight excluding hydrogens is 527 g/mol. The van der Waals surface area contributed by atoms with E-state index in [0.717, 1.165) is 0 Å². The van der Waals surface area contributed by atoms with Crippen molar-refractivity contribution in [1.82, 2.24) is 9.80 Å². The minimum atomic E-state index is -0.653. The van der Waals surface area contributed by atoms with E-state index >= 15 is 0 Å². The number of carbonyl (C=O) groups excluding carboxylic acids is 2. The lowest BCUT2D eigenvalue weighted by molar-refractivity contribution is -0.145. The van der Waals surface area contributed by atoms with Crippen LogP contribution in [0, 0.1) is 5.82 Å². The maximum Gasteiger partial charge on any atom is 0.410 e. The van der Waals surface area contributed by atoms with Gasteiger partial charge in [0.15, 0.2) is 0 Å². The lowest BCUT2D eigenvalue weighted by Crippen LogP contribution is -2.47. The molecule has 1 amide bonds. The van der Waals surface area contributed by atoms with Gasteiger partial charge < -0.3 is 23.8 Å². The summed E-state index contributed by atoms with van der Waals surface area (Å²) in [6, 6.07) is 8.87. The molecule has 0 N–H and O–H groups in total. The summed E-state index contributed by atoms with van der Waals surface area (Å²) in [6.07, 6.45) is -0.485. The first-order valence-corrected chi connectivity index (χ1v) is 13.2. The Bertz CT molecular complexity index is 1110. The normalized spacial score (nSPS) is 13.0. The summed E-state index contributed by atoms with van der Waals surface area (Å²) in [7, 11) is 3.22. The standard InChI is InChI=1S/C29H40ClFN2O6/c1-9-37-27(34)17-33(16-19(2)32(7)28(35)39-29(4,5)6)20(3)24-14-21(31)15-26(30)25(24)18-38-23-12-10-22(36-8)11-13-23/h10-15,19-20H,9,16-18H2,1-8H3/t19-,20+/m1/s1. The van der Waals surface area contributed by atoms with Crippen LogP contribution in [0.4, 0.5) is 9.18 Å². The Labute approximate surface area is 235 Å². The molecule has 0 bridgehead atoms. The van der Waals surface area contributed by atoms with Crippen molar-refractivity contribution in [2.75, 3.05) is 33.9 Å². The smallest absolute Gasteiger partial charge is 0.410 e. The minimum absolute atomic E-state index is 0.0750. The third-order valence-electron chi connectivity index (χ3n) is 6.11. The first-order chi connectivity index (χ1) is 18.2. The largest absolute Gasteiger partial charge is 0.497 e. The number of ether oxygens (including phenoxy) is 4. The molecule has 0 spiro atoms. The molecule has 0 heterocycles. The van der Waals surface area contributed by atoms with E-state index in [2.05, 4.69) is 0 Å². The number of rotatable bonds is 12. The van der Waals surface area contributed by atoms with Gasteiger partial charge in [-0.1, -0.05) is 11.6 Å². The summed E-state index contributed by atoms with van der Waals surface area (Å²) in [4.78, 5) is 28.5. The van der Waals surface area contributed by atoms with Crippen molar-refractivity contribution in [1.29, 1.82) is 0 Å². The van der Waals surface area contributed by atoms with Gasteiger partial charge in [-0.15, -0.1) is 0 Å². The number of esters is 1. The van der Waals surface area contributed by atoms with Gasteiger partial charge in [0, 0.05) is 31.2 Å². The number of likely N-dealkylation sites (N-methyl/N-ethyl adjacent to an activating group) is 1. The van der Waals surface area contributed by atoms with Crippen molar-refractivity contribution in [2.45, 2.75) is 65.8 Å². The number of hydrogen-bond donors (Lipinski definition) is 0. The van der Waals surface area contributed by atoms with Crippen LogP contribution in [0.5, 0.6) is 11.5 Å². The van der Waals surface area contributed by atoms with E-state index < -0.39 is 29.5 Å². The number of amides is 1. The van der Waals surface area contributed by atoms with Crippen molar-refractivity contribution in [3.63, 3.8) is 0 Å². The molecule has 2 atom stereocenters. The molecule has 0 aromatic heterocycles. The predicted octanol–water partition coefficient (Wildman–Crippen LogP) is 6.25. The van der Waals surface area contributed by atoms with Gasteiger partial charge in [-0.3, -0.25) is 9.69 Å². The molecular formula is C29H40ClFN2O6. The van der Waals surface area contributed by atoms with Crippen LogP contribution >= 0.6 is 11.6 Å². The fraction of sp³-hybridized carbons (Fsp3) is 0.517. The highest BCUT2D eigenvalue weighted by Crippen LogP contribution is 2.32. The SMILES string of the molecule is CCOC(=O)CN(C[C@@H](C)N(C)C(=O)OC(C)(C)C)[C@@H](C)c1cc(F)cc(Cl)c1COc1ccc(OC)cc1. The van der Waals surface area contributed by atoms with Crippen molar-refractivity contribution < 1.29 is 32.9 Å². The molecule has 0 fully saturated rings. The van der Waals surface area contributed by atoms with E-state index in [-0.39, 0.29) is 37.4 Å². The second-order valence-corrected chi connectivity index (χ2v) is 10.7. The molecule has 2 aromatic rings. The second-order valence-electron chi connectivity index (χ2n) is 10.3. The van der Waals surface area contributed by atoms with E-state index in [9.17, 15) is 14.0 Å². The van der Waals surface area contributed by atoms with Gasteiger partial charge >= 0.3 is 12.1 Å².